The molecule has 1 spiro atoms. The fraction of sp³-hybridized carbons (Fsp3) is 0.672. The number of methoxy groups -OCH3 is 1. The van der Waals surface area contributed by atoms with Crippen LogP contribution in [-0.4, -0.2) is 112 Å². The van der Waals surface area contributed by atoms with Gasteiger partial charge in [-0.05, 0) is 118 Å². The van der Waals surface area contributed by atoms with Crippen molar-refractivity contribution >= 4 is 32.5 Å². The van der Waals surface area contributed by atoms with Gasteiger partial charge in [0.25, 0.3) is 0 Å². The number of carbonyl (C=O) groups excluding carboxylic acids is 4. The van der Waals surface area contributed by atoms with Gasteiger partial charge in [0.15, 0.2) is 20.2 Å². The van der Waals surface area contributed by atoms with Gasteiger partial charge in [0.05, 0.1) is 68.9 Å². The minimum absolute atomic E-state index is 0.00231. The van der Waals surface area contributed by atoms with Crippen molar-refractivity contribution < 1.29 is 66.6 Å². The van der Waals surface area contributed by atoms with Crippen LogP contribution in [0.4, 0.5) is 0 Å². The predicted molar refractivity (Wildman–Crippen MR) is 292 cm³/mol. The van der Waals surface area contributed by atoms with E-state index in [2.05, 4.69) is 54.6 Å². The van der Waals surface area contributed by atoms with Gasteiger partial charge >= 0.3 is 17.9 Å². The lowest BCUT2D eigenvalue weighted by atomic mass is 9.72. The summed E-state index contributed by atoms with van der Waals surface area (Å²) in [5, 5.41) is 12.8. The Hall–Kier alpha value is -4.06. The van der Waals surface area contributed by atoms with Crippen LogP contribution in [0.5, 0.6) is 0 Å². The zero-order chi connectivity index (χ0) is 55.5. The Morgan fingerprint density at radius 1 is 0.868 bits per heavy atom. The van der Waals surface area contributed by atoms with E-state index in [0.29, 0.717) is 37.1 Å². The SMILES string of the molecule is COC(=O)/C=C1\C[C@@H](C[C@@H](OC(=O)C[C@@H](C[C@@H]2CCC[C@H](C[C@@H]3CCO[C@@]4(C[C@H](C)CC[C@H]4C(C)C)O3)O2)O[Si](C)(C)C(C)(C)C)[C@@H](C)OCc2ccccc2)O[C@@](O)(C(C)(C)/C=C/C=O)[C@H]1OC(=O)c1ccccc1. The van der Waals surface area contributed by atoms with Gasteiger partial charge in [-0.1, -0.05) is 116 Å². The number of allylic oxidation sites excluding steroid dienone is 1. The quantitative estimate of drug-likeness (QED) is 0.0388. The highest BCUT2D eigenvalue weighted by molar-refractivity contribution is 6.74. The molecule has 4 aliphatic rings. The minimum Gasteiger partial charge on any atom is -0.466 e. The highest BCUT2D eigenvalue weighted by Crippen LogP contribution is 2.49. The number of benzene rings is 2. The summed E-state index contributed by atoms with van der Waals surface area (Å²) in [4.78, 5) is 53.3. The number of ether oxygens (including phenoxy) is 8. The molecule has 0 unspecified atom stereocenters. The van der Waals surface area contributed by atoms with Crippen LogP contribution in [0.25, 0.3) is 0 Å². The molecule has 3 aliphatic heterocycles. The molecule has 15 heteroatoms. The number of hydrogen-bond acceptors (Lipinski definition) is 14. The second kappa shape index (κ2) is 26.7. The third kappa shape index (κ3) is 16.0. The molecule has 422 valence electrons. The standard InChI is InChI=1S/C61H90O14Si/c1-41(2)52-28-27-42(3)39-60(52)69-32-29-49(73-60)35-47-25-19-26-48(70-47)36-51(75-76(11,12)58(5,6)7)38-55(64)71-53(43(4)68-40-44-21-15-13-16-22-44)37-50-33-46(34-54(63)67-10)56(72-57(65)45-23-17-14-18-24-45)61(66,74-50)59(8,9)30-20-31-62/h13-18,20-24,30-31,34,41-43,47-53,56,66H,19,25-29,32-33,35-40H2,1-12H3/b30-20+,46-34+/t42-,43-,47-,48+,49+,50+,51-,52+,53-,56+,60+,61-/m1/s1. The molecule has 1 saturated carbocycles. The molecule has 0 bridgehead atoms. The summed E-state index contributed by atoms with van der Waals surface area (Å²) in [5.74, 6) is -3.59. The third-order valence-electron chi connectivity index (χ3n) is 16.7. The van der Waals surface area contributed by atoms with E-state index in [1.807, 2.05) is 37.3 Å². The van der Waals surface area contributed by atoms with Crippen molar-refractivity contribution in [2.75, 3.05) is 13.7 Å². The minimum atomic E-state index is -2.45. The number of carbonyl (C=O) groups is 4. The van der Waals surface area contributed by atoms with E-state index in [9.17, 15) is 24.3 Å². The average molecular weight is 1080 g/mol. The molecule has 2 aromatic carbocycles. The molecular formula is C61H90O14Si. The van der Waals surface area contributed by atoms with Crippen LogP contribution in [0.2, 0.25) is 18.1 Å². The Bertz CT molecular complexity index is 2260. The third-order valence-corrected chi connectivity index (χ3v) is 21.2. The van der Waals surface area contributed by atoms with Gasteiger partial charge in [-0.15, -0.1) is 0 Å². The molecular weight excluding hydrogens is 985 g/mol. The maximum atomic E-state index is 14.7. The summed E-state index contributed by atoms with van der Waals surface area (Å²) < 4.78 is 58.4. The zero-order valence-electron chi connectivity index (χ0n) is 47.6. The number of aldehydes is 1. The Labute approximate surface area is 454 Å². The number of aliphatic hydroxyl groups is 1. The van der Waals surface area contributed by atoms with Crippen LogP contribution in [0.1, 0.15) is 155 Å². The predicted octanol–water partition coefficient (Wildman–Crippen LogP) is 11.6. The summed E-state index contributed by atoms with van der Waals surface area (Å²) in [5.41, 5.74) is -0.0909. The first kappa shape index (κ1) is 61.2. The first-order chi connectivity index (χ1) is 35.9. The second-order valence-corrected chi connectivity index (χ2v) is 29.2. The molecule has 1 N–H and O–H groups in total. The van der Waals surface area contributed by atoms with Gasteiger partial charge in [0.2, 0.25) is 5.79 Å². The lowest BCUT2D eigenvalue weighted by Gasteiger charge is -2.51. The van der Waals surface area contributed by atoms with E-state index < -0.39 is 73.7 Å². The molecule has 0 aromatic heterocycles. The smallest absolute Gasteiger partial charge is 0.338 e. The van der Waals surface area contributed by atoms with Crippen LogP contribution in [-0.2, 0) is 63.3 Å². The monoisotopic (exact) mass is 1070 g/mol. The largest absolute Gasteiger partial charge is 0.466 e. The summed E-state index contributed by atoms with van der Waals surface area (Å²) >= 11 is 0. The second-order valence-electron chi connectivity index (χ2n) is 24.4. The lowest BCUT2D eigenvalue weighted by Crippen LogP contribution is -2.62. The van der Waals surface area contributed by atoms with E-state index in [1.165, 1.54) is 31.8 Å². The molecule has 0 radical (unpaired) electrons. The van der Waals surface area contributed by atoms with Crippen molar-refractivity contribution in [2.45, 2.75) is 225 Å². The molecule has 4 fully saturated rings. The van der Waals surface area contributed by atoms with E-state index in [0.717, 1.165) is 50.5 Å². The lowest BCUT2D eigenvalue weighted by molar-refractivity contribution is -0.342. The highest BCUT2D eigenvalue weighted by Gasteiger charge is 2.58. The molecule has 6 rings (SSSR count). The zero-order valence-corrected chi connectivity index (χ0v) is 48.6. The Morgan fingerprint density at radius 2 is 1.55 bits per heavy atom. The first-order valence-corrected chi connectivity index (χ1v) is 30.9. The molecule has 76 heavy (non-hydrogen) atoms. The van der Waals surface area contributed by atoms with Crippen LogP contribution in [0.15, 0.2) is 84.5 Å². The fourth-order valence-electron chi connectivity index (χ4n) is 11.3. The number of rotatable bonds is 22. The Kier molecular flexibility index (Phi) is 21.5. The van der Waals surface area contributed by atoms with E-state index in [-0.39, 0.29) is 60.4 Å². The van der Waals surface area contributed by atoms with Crippen LogP contribution in [0, 0.1) is 23.2 Å². The van der Waals surface area contributed by atoms with Crippen molar-refractivity contribution in [1.82, 2.24) is 0 Å². The molecule has 3 saturated heterocycles. The Balaban J connectivity index is 1.25. The van der Waals surface area contributed by atoms with Gasteiger partial charge in [-0.3, -0.25) is 9.59 Å². The summed E-state index contributed by atoms with van der Waals surface area (Å²) in [6.45, 7) is 23.8. The molecule has 0 amide bonds. The van der Waals surface area contributed by atoms with Crippen molar-refractivity contribution in [3.05, 3.63) is 95.6 Å². The molecule has 14 nitrogen and oxygen atoms in total. The summed E-state index contributed by atoms with van der Waals surface area (Å²) in [7, 11) is -1.22. The molecule has 12 atom stereocenters. The van der Waals surface area contributed by atoms with Gasteiger partial charge in [0, 0.05) is 30.3 Å². The number of esters is 3. The normalized spacial score (nSPS) is 29.4. The average Bonchev–Trinajstić information content (AvgIpc) is 3.36. The fourth-order valence-corrected chi connectivity index (χ4v) is 12.7. The Morgan fingerprint density at radius 3 is 2.21 bits per heavy atom. The van der Waals surface area contributed by atoms with Crippen molar-refractivity contribution in [2.24, 2.45) is 23.2 Å². The maximum absolute atomic E-state index is 14.7. The van der Waals surface area contributed by atoms with Gasteiger partial charge in [-0.2, -0.15) is 0 Å². The van der Waals surface area contributed by atoms with Gasteiger partial charge in [-0.25, -0.2) is 9.59 Å². The first-order valence-electron chi connectivity index (χ1n) is 27.9. The maximum Gasteiger partial charge on any atom is 0.338 e. The summed E-state index contributed by atoms with van der Waals surface area (Å²) in [6, 6.07) is 17.9. The van der Waals surface area contributed by atoms with E-state index in [1.54, 1.807) is 44.2 Å². The van der Waals surface area contributed by atoms with Crippen molar-refractivity contribution in [3.63, 3.8) is 0 Å². The summed E-state index contributed by atoms with van der Waals surface area (Å²) in [6.07, 6.45) is 7.65. The van der Waals surface area contributed by atoms with E-state index >= 15 is 0 Å². The topological polar surface area (TPSA) is 172 Å². The van der Waals surface area contributed by atoms with Crippen LogP contribution < -0.4 is 0 Å². The molecule has 2 aromatic rings. The molecule has 3 heterocycles. The van der Waals surface area contributed by atoms with Crippen molar-refractivity contribution in [1.29, 1.82) is 0 Å². The molecule has 1 aliphatic carbocycles. The van der Waals surface area contributed by atoms with Crippen LogP contribution >= 0.6 is 0 Å². The van der Waals surface area contributed by atoms with Crippen LogP contribution in [0.3, 0.4) is 0 Å². The highest BCUT2D eigenvalue weighted by atomic mass is 28.4. The van der Waals surface area contributed by atoms with E-state index in [4.69, 9.17) is 42.3 Å². The van der Waals surface area contributed by atoms with Gasteiger partial charge < -0.3 is 47.4 Å². The number of hydrogen-bond donors (Lipinski definition) is 1. The van der Waals surface area contributed by atoms with Gasteiger partial charge in [0.1, 0.15) is 12.4 Å². The van der Waals surface area contributed by atoms with Crippen molar-refractivity contribution in [3.8, 4) is 0 Å².